The number of nitrogens with one attached hydrogen (secondary N) is 1. The molecule has 23 heavy (non-hydrogen) atoms. The molecule has 0 aliphatic carbocycles. The highest BCUT2D eigenvalue weighted by atomic mass is 32.2. The van der Waals surface area contributed by atoms with Gasteiger partial charge in [0.25, 0.3) is 0 Å². The summed E-state index contributed by atoms with van der Waals surface area (Å²) in [6.45, 7) is 2.34. The second-order valence-electron chi connectivity index (χ2n) is 5.95. The number of amides is 1. The van der Waals surface area contributed by atoms with Crippen molar-refractivity contribution in [2.24, 2.45) is 0 Å². The number of benzene rings is 1. The summed E-state index contributed by atoms with van der Waals surface area (Å²) in [5.41, 5.74) is 0.856. The SMILES string of the molecule is CC[C@@H](O)CN(CC(=O)N[C@H]1CCS(=O)(=O)C1)c1ccccc1. The van der Waals surface area contributed by atoms with Crippen molar-refractivity contribution < 1.29 is 18.3 Å². The van der Waals surface area contributed by atoms with E-state index < -0.39 is 15.9 Å². The Hall–Kier alpha value is -1.60. The third-order valence-corrected chi connectivity index (χ3v) is 5.72. The standard InChI is InChI=1S/C16H24N2O4S/c1-2-15(19)10-18(14-6-4-3-5-7-14)11-16(20)17-13-8-9-23(21,22)12-13/h3-7,13,15,19H,2,8-12H2,1H3,(H,17,20)/t13-,15+/m0/s1. The zero-order chi connectivity index (χ0) is 16.9. The summed E-state index contributed by atoms with van der Waals surface area (Å²) in [6.07, 6.45) is 0.554. The number of nitrogens with zero attached hydrogens (tertiary/aromatic N) is 1. The molecule has 2 N–H and O–H groups in total. The van der Waals surface area contributed by atoms with E-state index in [2.05, 4.69) is 5.32 Å². The van der Waals surface area contributed by atoms with Gasteiger partial charge in [-0.05, 0) is 25.0 Å². The molecule has 1 aliphatic heterocycles. The number of anilines is 1. The Morgan fingerprint density at radius 1 is 1.39 bits per heavy atom. The molecule has 1 heterocycles. The lowest BCUT2D eigenvalue weighted by Gasteiger charge is -2.27. The summed E-state index contributed by atoms with van der Waals surface area (Å²) in [5, 5.41) is 12.7. The van der Waals surface area contributed by atoms with Crippen LogP contribution in [-0.2, 0) is 14.6 Å². The van der Waals surface area contributed by atoms with E-state index >= 15 is 0 Å². The number of aliphatic hydroxyl groups excluding tert-OH is 1. The number of hydrogen-bond acceptors (Lipinski definition) is 5. The second-order valence-corrected chi connectivity index (χ2v) is 8.17. The van der Waals surface area contributed by atoms with Crippen LogP contribution in [-0.4, -0.2) is 56.2 Å². The van der Waals surface area contributed by atoms with E-state index in [1.54, 1.807) is 0 Å². The Morgan fingerprint density at radius 2 is 2.09 bits per heavy atom. The van der Waals surface area contributed by atoms with Gasteiger partial charge >= 0.3 is 0 Å². The smallest absolute Gasteiger partial charge is 0.239 e. The summed E-state index contributed by atoms with van der Waals surface area (Å²) < 4.78 is 22.9. The van der Waals surface area contributed by atoms with E-state index in [-0.39, 0.29) is 30.0 Å². The molecule has 0 spiro atoms. The monoisotopic (exact) mass is 340 g/mol. The highest BCUT2D eigenvalue weighted by Gasteiger charge is 2.29. The van der Waals surface area contributed by atoms with Crippen LogP contribution < -0.4 is 10.2 Å². The molecule has 1 aromatic carbocycles. The number of hydrogen-bond donors (Lipinski definition) is 2. The second kappa shape index (κ2) is 7.79. The van der Waals surface area contributed by atoms with Crippen LogP contribution in [0.3, 0.4) is 0 Å². The summed E-state index contributed by atoms with van der Waals surface area (Å²) >= 11 is 0. The maximum absolute atomic E-state index is 12.2. The van der Waals surface area contributed by atoms with Gasteiger partial charge in [-0.1, -0.05) is 25.1 Å². The van der Waals surface area contributed by atoms with Gasteiger partial charge in [0.1, 0.15) is 0 Å². The van der Waals surface area contributed by atoms with Crippen LogP contribution in [0, 0.1) is 0 Å². The van der Waals surface area contributed by atoms with Crippen LogP contribution in [0.15, 0.2) is 30.3 Å². The molecule has 0 saturated carbocycles. The first-order chi connectivity index (χ1) is 10.9. The predicted molar refractivity (Wildman–Crippen MR) is 90.2 cm³/mol. The fourth-order valence-electron chi connectivity index (χ4n) is 2.64. The molecule has 1 amide bonds. The minimum atomic E-state index is -3.01. The average Bonchev–Trinajstić information content (AvgIpc) is 2.86. The first-order valence-electron chi connectivity index (χ1n) is 7.87. The Morgan fingerprint density at radius 3 is 2.65 bits per heavy atom. The van der Waals surface area contributed by atoms with E-state index in [1.165, 1.54) is 0 Å². The Labute approximate surface area is 137 Å². The summed E-state index contributed by atoms with van der Waals surface area (Å²) in [6, 6.07) is 9.11. The molecular formula is C16H24N2O4S. The molecule has 2 rings (SSSR count). The van der Waals surface area contributed by atoms with Gasteiger partial charge in [-0.25, -0.2) is 8.42 Å². The maximum atomic E-state index is 12.2. The van der Waals surface area contributed by atoms with Crippen LogP contribution in [0.25, 0.3) is 0 Å². The Bertz CT molecular complexity index is 618. The lowest BCUT2D eigenvalue weighted by molar-refractivity contribution is -0.120. The Balaban J connectivity index is 1.98. The predicted octanol–water partition coefficient (Wildman–Crippen LogP) is 0.567. The highest BCUT2D eigenvalue weighted by molar-refractivity contribution is 7.91. The quantitative estimate of drug-likeness (QED) is 0.758. The lowest BCUT2D eigenvalue weighted by atomic mass is 10.2. The molecule has 1 aliphatic rings. The highest BCUT2D eigenvalue weighted by Crippen LogP contribution is 2.15. The zero-order valence-electron chi connectivity index (χ0n) is 13.3. The van der Waals surface area contributed by atoms with Gasteiger partial charge in [-0.15, -0.1) is 0 Å². The van der Waals surface area contributed by atoms with E-state index in [1.807, 2.05) is 42.2 Å². The van der Waals surface area contributed by atoms with E-state index in [0.717, 1.165) is 5.69 Å². The minimum absolute atomic E-state index is 0.0155. The number of sulfone groups is 1. The summed E-state index contributed by atoms with van der Waals surface area (Å²) in [7, 11) is -3.01. The number of carbonyl (C=O) groups is 1. The first kappa shape index (κ1) is 17.7. The van der Waals surface area contributed by atoms with Crippen LogP contribution in [0.1, 0.15) is 19.8 Å². The van der Waals surface area contributed by atoms with Gasteiger partial charge in [0.2, 0.25) is 5.91 Å². The van der Waals surface area contributed by atoms with Gasteiger partial charge in [0.05, 0.1) is 24.2 Å². The molecule has 7 heteroatoms. The fraction of sp³-hybridized carbons (Fsp3) is 0.562. The summed E-state index contributed by atoms with van der Waals surface area (Å²) in [5.74, 6) is -0.0735. The molecule has 1 fully saturated rings. The molecule has 128 valence electrons. The van der Waals surface area contributed by atoms with Crippen molar-refractivity contribution in [2.45, 2.75) is 31.9 Å². The van der Waals surface area contributed by atoms with Gasteiger partial charge in [0, 0.05) is 18.3 Å². The molecule has 2 atom stereocenters. The van der Waals surface area contributed by atoms with Crippen molar-refractivity contribution in [1.82, 2.24) is 5.32 Å². The maximum Gasteiger partial charge on any atom is 0.239 e. The molecule has 0 radical (unpaired) electrons. The molecule has 0 unspecified atom stereocenters. The molecule has 1 saturated heterocycles. The van der Waals surface area contributed by atoms with E-state index in [9.17, 15) is 18.3 Å². The van der Waals surface area contributed by atoms with Crippen molar-refractivity contribution in [1.29, 1.82) is 0 Å². The van der Waals surface area contributed by atoms with E-state index in [4.69, 9.17) is 0 Å². The van der Waals surface area contributed by atoms with Crippen molar-refractivity contribution in [3.8, 4) is 0 Å². The first-order valence-corrected chi connectivity index (χ1v) is 9.69. The van der Waals surface area contributed by atoms with Gasteiger partial charge in [-0.2, -0.15) is 0 Å². The lowest BCUT2D eigenvalue weighted by Crippen LogP contribution is -2.44. The van der Waals surface area contributed by atoms with Gasteiger partial charge < -0.3 is 15.3 Å². The van der Waals surface area contributed by atoms with Crippen molar-refractivity contribution in [2.75, 3.05) is 29.5 Å². The van der Waals surface area contributed by atoms with Crippen LogP contribution in [0.5, 0.6) is 0 Å². The van der Waals surface area contributed by atoms with Crippen molar-refractivity contribution in [3.05, 3.63) is 30.3 Å². The molecule has 0 aromatic heterocycles. The zero-order valence-corrected chi connectivity index (χ0v) is 14.1. The normalized spacial score (nSPS) is 20.9. The largest absolute Gasteiger partial charge is 0.391 e. The van der Waals surface area contributed by atoms with Crippen LogP contribution in [0.4, 0.5) is 5.69 Å². The average molecular weight is 340 g/mol. The van der Waals surface area contributed by atoms with Crippen molar-refractivity contribution in [3.63, 3.8) is 0 Å². The van der Waals surface area contributed by atoms with Gasteiger partial charge in [0.15, 0.2) is 9.84 Å². The molecular weight excluding hydrogens is 316 g/mol. The van der Waals surface area contributed by atoms with E-state index in [0.29, 0.717) is 19.4 Å². The van der Waals surface area contributed by atoms with Crippen LogP contribution >= 0.6 is 0 Å². The number of carbonyl (C=O) groups excluding carboxylic acids is 1. The number of para-hydroxylation sites is 1. The minimum Gasteiger partial charge on any atom is -0.391 e. The third kappa shape index (κ3) is 5.51. The van der Waals surface area contributed by atoms with Crippen LogP contribution in [0.2, 0.25) is 0 Å². The van der Waals surface area contributed by atoms with Gasteiger partial charge in [-0.3, -0.25) is 4.79 Å². The van der Waals surface area contributed by atoms with Crippen molar-refractivity contribution >= 4 is 21.4 Å². The molecule has 0 bridgehead atoms. The fourth-order valence-corrected chi connectivity index (χ4v) is 4.31. The number of aliphatic hydroxyl groups is 1. The third-order valence-electron chi connectivity index (χ3n) is 3.96. The number of rotatable bonds is 7. The Kier molecular flexibility index (Phi) is 6.01. The molecule has 1 aromatic rings. The molecule has 6 nitrogen and oxygen atoms in total. The summed E-state index contributed by atoms with van der Waals surface area (Å²) in [4.78, 5) is 14.0. The topological polar surface area (TPSA) is 86.7 Å².